The molecular weight excluding hydrogens is 162 g/mol. The van der Waals surface area contributed by atoms with Gasteiger partial charge < -0.3 is 9.73 Å². The van der Waals surface area contributed by atoms with Crippen LogP contribution in [0.15, 0.2) is 28.7 Å². The zero-order valence-electron chi connectivity index (χ0n) is 8.39. The molecule has 1 N–H and O–H groups in total. The third-order valence-electron chi connectivity index (χ3n) is 1.82. The van der Waals surface area contributed by atoms with E-state index in [0.717, 1.165) is 31.0 Å². The van der Waals surface area contributed by atoms with Crippen molar-refractivity contribution < 1.29 is 4.42 Å². The van der Waals surface area contributed by atoms with Crippen molar-refractivity contribution in [2.24, 2.45) is 0 Å². The number of hydrogen-bond acceptors (Lipinski definition) is 2. The topological polar surface area (TPSA) is 25.2 Å². The Balaban J connectivity index is 2.16. The van der Waals surface area contributed by atoms with Crippen LogP contribution in [0, 0.1) is 6.92 Å². The van der Waals surface area contributed by atoms with Gasteiger partial charge in [-0.05, 0) is 38.9 Å². The molecule has 0 saturated heterocycles. The van der Waals surface area contributed by atoms with Crippen LogP contribution in [0.1, 0.15) is 24.9 Å². The molecule has 72 valence electrons. The van der Waals surface area contributed by atoms with Crippen molar-refractivity contribution in [3.63, 3.8) is 0 Å². The van der Waals surface area contributed by atoms with Crippen LogP contribution in [0.4, 0.5) is 0 Å². The van der Waals surface area contributed by atoms with E-state index in [2.05, 4.69) is 11.9 Å². The Morgan fingerprint density at radius 1 is 1.54 bits per heavy atom. The van der Waals surface area contributed by atoms with Crippen LogP contribution in [0.3, 0.4) is 0 Å². The first-order chi connectivity index (χ1) is 6.18. The normalized spacial score (nSPS) is 10.3. The van der Waals surface area contributed by atoms with Crippen molar-refractivity contribution in [3.8, 4) is 0 Å². The summed E-state index contributed by atoms with van der Waals surface area (Å²) in [6.07, 6.45) is 1.03. The molecule has 0 amide bonds. The van der Waals surface area contributed by atoms with E-state index in [1.54, 1.807) is 0 Å². The summed E-state index contributed by atoms with van der Waals surface area (Å²) in [7, 11) is 0. The van der Waals surface area contributed by atoms with Crippen molar-refractivity contribution in [1.82, 2.24) is 5.32 Å². The summed E-state index contributed by atoms with van der Waals surface area (Å²) in [6.45, 7) is 9.61. The lowest BCUT2D eigenvalue weighted by molar-refractivity contribution is 0.463. The van der Waals surface area contributed by atoms with Gasteiger partial charge in [0, 0.05) is 0 Å². The highest BCUT2D eigenvalue weighted by Crippen LogP contribution is 2.05. The molecule has 1 heterocycles. The number of furan rings is 1. The smallest absolute Gasteiger partial charge is 0.117 e. The van der Waals surface area contributed by atoms with E-state index >= 15 is 0 Å². The van der Waals surface area contributed by atoms with Gasteiger partial charge in [-0.15, -0.1) is 6.58 Å². The third-order valence-corrected chi connectivity index (χ3v) is 1.82. The minimum atomic E-state index is 0.807. The highest BCUT2D eigenvalue weighted by molar-refractivity contribution is 5.05. The van der Waals surface area contributed by atoms with Gasteiger partial charge in [0.2, 0.25) is 0 Å². The standard InChI is InChI=1S/C11H17NO/c1-9(2)6-7-12-8-11-5-4-10(3)13-11/h4-5,12H,1,6-8H2,2-3H3. The molecule has 2 nitrogen and oxygen atoms in total. The van der Waals surface area contributed by atoms with Crippen molar-refractivity contribution in [3.05, 3.63) is 35.8 Å². The van der Waals surface area contributed by atoms with Crippen LogP contribution >= 0.6 is 0 Å². The molecule has 0 fully saturated rings. The molecule has 0 radical (unpaired) electrons. The summed E-state index contributed by atoms with van der Waals surface area (Å²) < 4.78 is 5.41. The van der Waals surface area contributed by atoms with Crippen LogP contribution in [0.5, 0.6) is 0 Å². The van der Waals surface area contributed by atoms with Crippen molar-refractivity contribution in [2.45, 2.75) is 26.8 Å². The zero-order valence-corrected chi connectivity index (χ0v) is 8.39. The second-order valence-corrected chi connectivity index (χ2v) is 3.40. The van der Waals surface area contributed by atoms with Gasteiger partial charge in [0.25, 0.3) is 0 Å². The molecule has 0 aromatic carbocycles. The average Bonchev–Trinajstić information content (AvgIpc) is 2.45. The van der Waals surface area contributed by atoms with Gasteiger partial charge in [0.15, 0.2) is 0 Å². The number of rotatable bonds is 5. The fourth-order valence-electron chi connectivity index (χ4n) is 1.09. The van der Waals surface area contributed by atoms with Gasteiger partial charge in [0.05, 0.1) is 6.54 Å². The van der Waals surface area contributed by atoms with E-state index < -0.39 is 0 Å². The molecule has 0 aliphatic carbocycles. The summed E-state index contributed by atoms with van der Waals surface area (Å²) in [4.78, 5) is 0. The van der Waals surface area contributed by atoms with Crippen molar-refractivity contribution in [1.29, 1.82) is 0 Å². The summed E-state index contributed by atoms with van der Waals surface area (Å²) in [5.74, 6) is 1.97. The van der Waals surface area contributed by atoms with Gasteiger partial charge in [-0.3, -0.25) is 0 Å². The highest BCUT2D eigenvalue weighted by atomic mass is 16.3. The summed E-state index contributed by atoms with van der Waals surface area (Å²) >= 11 is 0. The van der Waals surface area contributed by atoms with E-state index in [1.807, 2.05) is 26.0 Å². The summed E-state index contributed by atoms with van der Waals surface area (Å²) in [5, 5.41) is 3.29. The maximum absolute atomic E-state index is 5.41. The quantitative estimate of drug-likeness (QED) is 0.555. The monoisotopic (exact) mass is 179 g/mol. The van der Waals surface area contributed by atoms with E-state index in [1.165, 1.54) is 5.57 Å². The Morgan fingerprint density at radius 3 is 2.85 bits per heavy atom. The summed E-state index contributed by atoms with van der Waals surface area (Å²) in [6, 6.07) is 3.98. The molecule has 2 heteroatoms. The SMILES string of the molecule is C=C(C)CCNCc1ccc(C)o1. The van der Waals surface area contributed by atoms with Crippen molar-refractivity contribution in [2.75, 3.05) is 6.54 Å². The van der Waals surface area contributed by atoms with Crippen LogP contribution in [0.2, 0.25) is 0 Å². The Bertz CT molecular complexity index is 275. The Morgan fingerprint density at radius 2 is 2.31 bits per heavy atom. The predicted octanol–water partition coefficient (Wildman–Crippen LogP) is 2.64. The molecule has 0 spiro atoms. The maximum Gasteiger partial charge on any atom is 0.117 e. The van der Waals surface area contributed by atoms with Gasteiger partial charge >= 0.3 is 0 Å². The highest BCUT2D eigenvalue weighted by Gasteiger charge is 1.96. The largest absolute Gasteiger partial charge is 0.465 e. The summed E-state index contributed by atoms with van der Waals surface area (Å²) in [5.41, 5.74) is 1.21. The molecular formula is C11H17NO. The first-order valence-corrected chi connectivity index (χ1v) is 4.59. The van der Waals surface area contributed by atoms with E-state index in [4.69, 9.17) is 4.42 Å². The van der Waals surface area contributed by atoms with Crippen LogP contribution in [-0.2, 0) is 6.54 Å². The van der Waals surface area contributed by atoms with Gasteiger partial charge in [-0.2, -0.15) is 0 Å². The second kappa shape index (κ2) is 4.87. The van der Waals surface area contributed by atoms with Gasteiger partial charge in [-0.25, -0.2) is 0 Å². The molecule has 0 aliphatic heterocycles. The maximum atomic E-state index is 5.41. The molecule has 0 aliphatic rings. The molecule has 0 saturated carbocycles. The fraction of sp³-hybridized carbons (Fsp3) is 0.455. The lowest BCUT2D eigenvalue weighted by atomic mass is 10.2. The van der Waals surface area contributed by atoms with E-state index in [0.29, 0.717) is 0 Å². The van der Waals surface area contributed by atoms with Gasteiger partial charge in [0.1, 0.15) is 11.5 Å². The number of nitrogens with one attached hydrogen (secondary N) is 1. The van der Waals surface area contributed by atoms with E-state index in [-0.39, 0.29) is 0 Å². The minimum absolute atomic E-state index is 0.807. The second-order valence-electron chi connectivity index (χ2n) is 3.40. The van der Waals surface area contributed by atoms with Crippen LogP contribution in [0.25, 0.3) is 0 Å². The molecule has 1 aromatic heterocycles. The molecule has 1 rings (SSSR count). The molecule has 13 heavy (non-hydrogen) atoms. The first kappa shape index (κ1) is 10.1. The lowest BCUT2D eigenvalue weighted by Crippen LogP contribution is -2.14. The molecule has 1 aromatic rings. The molecule has 0 atom stereocenters. The molecule has 0 unspecified atom stereocenters. The lowest BCUT2D eigenvalue weighted by Gasteiger charge is -2.01. The van der Waals surface area contributed by atoms with Crippen LogP contribution in [-0.4, -0.2) is 6.54 Å². The van der Waals surface area contributed by atoms with Crippen molar-refractivity contribution >= 4 is 0 Å². The third kappa shape index (κ3) is 3.95. The molecule has 0 bridgehead atoms. The Hall–Kier alpha value is -1.02. The zero-order chi connectivity index (χ0) is 9.68. The number of aryl methyl sites for hydroxylation is 1. The average molecular weight is 179 g/mol. The number of hydrogen-bond donors (Lipinski definition) is 1. The fourth-order valence-corrected chi connectivity index (χ4v) is 1.09. The predicted molar refractivity (Wildman–Crippen MR) is 54.6 cm³/mol. The van der Waals surface area contributed by atoms with Crippen LogP contribution < -0.4 is 5.32 Å². The Kier molecular flexibility index (Phi) is 3.77. The minimum Gasteiger partial charge on any atom is -0.465 e. The first-order valence-electron chi connectivity index (χ1n) is 4.59. The van der Waals surface area contributed by atoms with E-state index in [9.17, 15) is 0 Å². The Labute approximate surface area is 79.6 Å². The van der Waals surface area contributed by atoms with Gasteiger partial charge in [-0.1, -0.05) is 5.57 Å².